The summed E-state index contributed by atoms with van der Waals surface area (Å²) in [6, 6.07) is 8.76. The van der Waals surface area contributed by atoms with Gasteiger partial charge < -0.3 is 10.4 Å². The molecule has 0 saturated heterocycles. The number of benzene rings is 2. The molecule has 128 valence electrons. The van der Waals surface area contributed by atoms with Crippen molar-refractivity contribution in [1.82, 2.24) is 5.32 Å². The molecule has 2 aromatic rings. The zero-order valence-corrected chi connectivity index (χ0v) is 12.5. The molecular formula is C17H15F4NO2. The summed E-state index contributed by atoms with van der Waals surface area (Å²) >= 11 is 0. The van der Waals surface area contributed by atoms with Crippen molar-refractivity contribution in [2.45, 2.75) is 19.2 Å². The summed E-state index contributed by atoms with van der Waals surface area (Å²) in [5.74, 6) is -1.89. The summed E-state index contributed by atoms with van der Waals surface area (Å²) in [6.07, 6.45) is -4.26. The highest BCUT2D eigenvalue weighted by molar-refractivity contribution is 5.94. The second kappa shape index (κ2) is 7.44. The number of nitrogens with one attached hydrogen (secondary N) is 1. The Labute approximate surface area is 135 Å². The third-order valence-corrected chi connectivity index (χ3v) is 3.39. The molecule has 0 radical (unpaired) electrons. The lowest BCUT2D eigenvalue weighted by Gasteiger charge is -2.10. The second-order valence-corrected chi connectivity index (χ2v) is 5.21. The van der Waals surface area contributed by atoms with Crippen LogP contribution in [0.25, 0.3) is 0 Å². The molecule has 0 aliphatic carbocycles. The molecule has 0 aliphatic heterocycles. The van der Waals surface area contributed by atoms with Crippen molar-refractivity contribution >= 4 is 5.91 Å². The van der Waals surface area contributed by atoms with Crippen LogP contribution in [0.15, 0.2) is 42.5 Å². The summed E-state index contributed by atoms with van der Waals surface area (Å²) in [5, 5.41) is 11.4. The number of aliphatic hydroxyl groups excluding tert-OH is 1. The number of aliphatic hydroxyl groups is 1. The summed E-state index contributed by atoms with van der Waals surface area (Å²) in [7, 11) is 0. The number of carbonyl (C=O) groups excluding carboxylic acids is 1. The molecule has 3 nitrogen and oxygen atoms in total. The Morgan fingerprint density at radius 1 is 1.04 bits per heavy atom. The average molecular weight is 341 g/mol. The van der Waals surface area contributed by atoms with Gasteiger partial charge in [0, 0.05) is 12.1 Å². The van der Waals surface area contributed by atoms with E-state index in [4.69, 9.17) is 5.11 Å². The minimum atomic E-state index is -4.72. The minimum absolute atomic E-state index is 0.0713. The smallest absolute Gasteiger partial charge is 0.392 e. The molecular weight excluding hydrogens is 326 g/mol. The molecule has 0 bridgehead atoms. The van der Waals surface area contributed by atoms with Crippen LogP contribution < -0.4 is 5.32 Å². The van der Waals surface area contributed by atoms with Crippen LogP contribution in [0, 0.1) is 5.82 Å². The molecule has 0 aliphatic rings. The van der Waals surface area contributed by atoms with Crippen molar-refractivity contribution in [3.63, 3.8) is 0 Å². The van der Waals surface area contributed by atoms with Gasteiger partial charge in [0.05, 0.1) is 12.2 Å². The first-order valence-electron chi connectivity index (χ1n) is 7.14. The van der Waals surface area contributed by atoms with Crippen molar-refractivity contribution < 1.29 is 27.5 Å². The molecule has 0 spiro atoms. The lowest BCUT2D eigenvalue weighted by molar-refractivity contribution is -0.137. The number of halogens is 4. The van der Waals surface area contributed by atoms with Crippen molar-refractivity contribution in [3.05, 3.63) is 70.5 Å². The Bertz CT molecular complexity index is 712. The monoisotopic (exact) mass is 341 g/mol. The Morgan fingerprint density at radius 2 is 1.67 bits per heavy atom. The Balaban J connectivity index is 1.98. The highest BCUT2D eigenvalue weighted by Crippen LogP contribution is 2.30. The van der Waals surface area contributed by atoms with E-state index in [1.165, 1.54) is 0 Å². The van der Waals surface area contributed by atoms with E-state index in [9.17, 15) is 22.4 Å². The fraction of sp³-hybridized carbons (Fsp3) is 0.235. The molecule has 2 rings (SSSR count). The quantitative estimate of drug-likeness (QED) is 0.820. The van der Waals surface area contributed by atoms with Crippen molar-refractivity contribution in [3.8, 4) is 0 Å². The fourth-order valence-corrected chi connectivity index (χ4v) is 2.12. The van der Waals surface area contributed by atoms with Crippen LogP contribution in [0.4, 0.5) is 17.6 Å². The van der Waals surface area contributed by atoms with Crippen molar-refractivity contribution in [1.29, 1.82) is 0 Å². The lowest BCUT2D eigenvalue weighted by atomic mass is 10.1. The molecule has 2 aromatic carbocycles. The van der Waals surface area contributed by atoms with E-state index in [1.807, 2.05) is 0 Å². The van der Waals surface area contributed by atoms with Crippen LogP contribution in [-0.2, 0) is 19.2 Å². The zero-order valence-electron chi connectivity index (χ0n) is 12.5. The third kappa shape index (κ3) is 4.79. The van der Waals surface area contributed by atoms with Crippen LogP contribution in [-0.4, -0.2) is 17.6 Å². The van der Waals surface area contributed by atoms with Crippen LogP contribution >= 0.6 is 0 Å². The third-order valence-electron chi connectivity index (χ3n) is 3.39. The van der Waals surface area contributed by atoms with E-state index in [0.29, 0.717) is 18.6 Å². The maximum absolute atomic E-state index is 13.3. The van der Waals surface area contributed by atoms with E-state index >= 15 is 0 Å². The molecule has 0 fully saturated rings. The Kier molecular flexibility index (Phi) is 5.56. The Morgan fingerprint density at radius 3 is 2.25 bits per heavy atom. The first-order chi connectivity index (χ1) is 11.3. The number of hydrogen-bond donors (Lipinski definition) is 2. The standard InChI is InChI=1S/C17H15F4NO2/c18-15-8-13(7-14(9-15)17(19,20)21)16(24)22-6-5-11-1-3-12(10-23)4-2-11/h1-4,7-9,23H,5-6,10H2,(H,22,24). The van der Waals surface area contributed by atoms with Crippen LogP contribution in [0.1, 0.15) is 27.0 Å². The van der Waals surface area contributed by atoms with Gasteiger partial charge >= 0.3 is 6.18 Å². The SMILES string of the molecule is O=C(NCCc1ccc(CO)cc1)c1cc(F)cc(C(F)(F)F)c1. The van der Waals surface area contributed by atoms with Gasteiger partial charge in [-0.3, -0.25) is 4.79 Å². The van der Waals surface area contributed by atoms with E-state index in [-0.39, 0.29) is 18.7 Å². The molecule has 0 saturated carbocycles. The lowest BCUT2D eigenvalue weighted by Crippen LogP contribution is -2.26. The molecule has 0 aromatic heterocycles. The molecule has 7 heteroatoms. The number of alkyl halides is 3. The summed E-state index contributed by atoms with van der Waals surface area (Å²) in [4.78, 5) is 11.9. The van der Waals surface area contributed by atoms with Gasteiger partial charge in [-0.1, -0.05) is 24.3 Å². The van der Waals surface area contributed by atoms with Gasteiger partial charge in [0.25, 0.3) is 5.91 Å². The highest BCUT2D eigenvalue weighted by atomic mass is 19.4. The topological polar surface area (TPSA) is 49.3 Å². The van der Waals surface area contributed by atoms with E-state index in [1.54, 1.807) is 24.3 Å². The largest absolute Gasteiger partial charge is 0.416 e. The maximum Gasteiger partial charge on any atom is 0.416 e. The van der Waals surface area contributed by atoms with Gasteiger partial charge in [-0.25, -0.2) is 4.39 Å². The summed E-state index contributed by atoms with van der Waals surface area (Å²) in [6.45, 7) is 0.118. The van der Waals surface area contributed by atoms with Gasteiger partial charge in [-0.05, 0) is 35.7 Å². The van der Waals surface area contributed by atoms with E-state index in [2.05, 4.69) is 5.32 Å². The van der Waals surface area contributed by atoms with Gasteiger partial charge in [0.1, 0.15) is 5.82 Å². The predicted octanol–water partition coefficient (Wildman–Crippen LogP) is 3.31. The molecule has 0 heterocycles. The summed E-state index contributed by atoms with van der Waals surface area (Å²) < 4.78 is 51.2. The summed E-state index contributed by atoms with van der Waals surface area (Å²) in [5.41, 5.74) is 0.0649. The van der Waals surface area contributed by atoms with Crippen LogP contribution in [0.5, 0.6) is 0 Å². The number of amides is 1. The molecule has 0 atom stereocenters. The predicted molar refractivity (Wildman–Crippen MR) is 79.8 cm³/mol. The molecule has 0 unspecified atom stereocenters. The zero-order chi connectivity index (χ0) is 17.7. The van der Waals surface area contributed by atoms with Crippen molar-refractivity contribution in [2.24, 2.45) is 0 Å². The number of rotatable bonds is 5. The van der Waals surface area contributed by atoms with Crippen LogP contribution in [0.2, 0.25) is 0 Å². The minimum Gasteiger partial charge on any atom is -0.392 e. The maximum atomic E-state index is 13.3. The van der Waals surface area contributed by atoms with Gasteiger partial charge in [0.15, 0.2) is 0 Å². The van der Waals surface area contributed by atoms with Gasteiger partial charge in [0.2, 0.25) is 0 Å². The van der Waals surface area contributed by atoms with Gasteiger partial charge in [-0.15, -0.1) is 0 Å². The fourth-order valence-electron chi connectivity index (χ4n) is 2.12. The average Bonchev–Trinajstić information content (AvgIpc) is 2.54. The van der Waals surface area contributed by atoms with E-state index < -0.39 is 23.5 Å². The molecule has 24 heavy (non-hydrogen) atoms. The van der Waals surface area contributed by atoms with E-state index in [0.717, 1.165) is 17.2 Å². The normalized spacial score (nSPS) is 11.4. The highest BCUT2D eigenvalue weighted by Gasteiger charge is 2.31. The second-order valence-electron chi connectivity index (χ2n) is 5.21. The first-order valence-corrected chi connectivity index (χ1v) is 7.14. The number of hydrogen-bond acceptors (Lipinski definition) is 2. The molecule has 2 N–H and O–H groups in total. The number of carbonyl (C=O) groups is 1. The molecule has 1 amide bonds. The Hall–Kier alpha value is -2.41. The first kappa shape index (κ1) is 17.9. The van der Waals surface area contributed by atoms with Gasteiger partial charge in [-0.2, -0.15) is 13.2 Å². The van der Waals surface area contributed by atoms with Crippen molar-refractivity contribution in [2.75, 3.05) is 6.54 Å². The van der Waals surface area contributed by atoms with Crippen LogP contribution in [0.3, 0.4) is 0 Å².